The monoisotopic (exact) mass is 300 g/mol. The Morgan fingerprint density at radius 2 is 2.00 bits per heavy atom. The third-order valence-corrected chi connectivity index (χ3v) is 4.79. The molecule has 1 aromatic carbocycles. The van der Waals surface area contributed by atoms with Crippen LogP contribution in [0.25, 0.3) is 0 Å². The molecule has 0 aromatic heterocycles. The summed E-state index contributed by atoms with van der Waals surface area (Å²) in [5.41, 5.74) is -0.131. The Kier molecular flexibility index (Phi) is 3.60. The number of hydrogen-bond donors (Lipinski definition) is 2. The molecule has 20 heavy (non-hydrogen) atoms. The van der Waals surface area contributed by atoms with Crippen LogP contribution in [0.15, 0.2) is 17.0 Å². The zero-order valence-corrected chi connectivity index (χ0v) is 12.2. The zero-order chi connectivity index (χ0) is 15.1. The van der Waals surface area contributed by atoms with Crippen molar-refractivity contribution in [3.63, 3.8) is 0 Å². The second-order valence-corrected chi connectivity index (χ2v) is 7.02. The second-order valence-electron chi connectivity index (χ2n) is 5.49. The molecule has 1 amide bonds. The van der Waals surface area contributed by atoms with Crippen molar-refractivity contribution in [2.45, 2.75) is 43.5 Å². The van der Waals surface area contributed by atoms with E-state index in [2.05, 4.69) is 5.32 Å². The molecule has 1 aliphatic rings. The summed E-state index contributed by atoms with van der Waals surface area (Å²) in [6.07, 6.45) is 2.74. The summed E-state index contributed by atoms with van der Waals surface area (Å²) in [6.45, 7) is 3.35. The summed E-state index contributed by atoms with van der Waals surface area (Å²) in [4.78, 5) is 11.8. The van der Waals surface area contributed by atoms with Crippen LogP contribution in [0, 0.1) is 12.7 Å². The smallest absolute Gasteiger partial charge is 0.252 e. The predicted octanol–water partition coefficient (Wildman–Crippen LogP) is 1.45. The number of primary sulfonamides is 1. The van der Waals surface area contributed by atoms with Gasteiger partial charge in [-0.1, -0.05) is 0 Å². The highest BCUT2D eigenvalue weighted by atomic mass is 32.2. The number of amides is 1. The van der Waals surface area contributed by atoms with Crippen molar-refractivity contribution in [3.05, 3.63) is 29.1 Å². The number of sulfonamides is 1. The quantitative estimate of drug-likeness (QED) is 0.885. The summed E-state index contributed by atoms with van der Waals surface area (Å²) in [6, 6.07) is 1.86. The molecule has 0 atom stereocenters. The summed E-state index contributed by atoms with van der Waals surface area (Å²) in [5.74, 6) is -1.28. The Morgan fingerprint density at radius 3 is 2.45 bits per heavy atom. The van der Waals surface area contributed by atoms with Crippen LogP contribution >= 0.6 is 0 Å². The van der Waals surface area contributed by atoms with E-state index in [0.717, 1.165) is 31.4 Å². The van der Waals surface area contributed by atoms with E-state index in [9.17, 15) is 17.6 Å². The molecule has 0 spiro atoms. The number of rotatable bonds is 3. The Morgan fingerprint density at radius 1 is 1.40 bits per heavy atom. The molecule has 5 nitrogen and oxygen atoms in total. The standard InChI is InChI=1S/C13H17FN2O3S/c1-8-10(12(17)16-13(2)4-3-5-13)6-9(14)7-11(8)20(15,18)19/h6-7H,3-5H2,1-2H3,(H,16,17)(H2,15,18,19). The topological polar surface area (TPSA) is 89.3 Å². The van der Waals surface area contributed by atoms with Crippen LogP contribution in [0.1, 0.15) is 42.1 Å². The number of nitrogens with two attached hydrogens (primary N) is 1. The maximum absolute atomic E-state index is 13.5. The normalized spacial score (nSPS) is 17.4. The summed E-state index contributed by atoms with van der Waals surface area (Å²) >= 11 is 0. The first-order valence-electron chi connectivity index (χ1n) is 6.28. The van der Waals surface area contributed by atoms with Crippen LogP contribution < -0.4 is 10.5 Å². The fraction of sp³-hybridized carbons (Fsp3) is 0.462. The first-order valence-corrected chi connectivity index (χ1v) is 7.82. The molecule has 1 saturated carbocycles. The van der Waals surface area contributed by atoms with E-state index in [0.29, 0.717) is 0 Å². The van der Waals surface area contributed by atoms with Gasteiger partial charge < -0.3 is 5.32 Å². The van der Waals surface area contributed by atoms with Gasteiger partial charge in [0.25, 0.3) is 5.91 Å². The van der Waals surface area contributed by atoms with Gasteiger partial charge in [0.1, 0.15) is 5.82 Å². The van der Waals surface area contributed by atoms with Crippen molar-refractivity contribution in [1.82, 2.24) is 5.32 Å². The number of carbonyl (C=O) groups is 1. The van der Waals surface area contributed by atoms with Gasteiger partial charge in [0.05, 0.1) is 4.90 Å². The molecule has 2 rings (SSSR count). The number of hydrogen-bond acceptors (Lipinski definition) is 3. The van der Waals surface area contributed by atoms with Gasteiger partial charge in [0.15, 0.2) is 0 Å². The van der Waals surface area contributed by atoms with Gasteiger partial charge in [0.2, 0.25) is 10.0 Å². The van der Waals surface area contributed by atoms with Crippen molar-refractivity contribution >= 4 is 15.9 Å². The fourth-order valence-electron chi connectivity index (χ4n) is 2.36. The van der Waals surface area contributed by atoms with Crippen molar-refractivity contribution in [1.29, 1.82) is 0 Å². The van der Waals surface area contributed by atoms with Crippen LogP contribution in [0.2, 0.25) is 0 Å². The summed E-state index contributed by atoms with van der Waals surface area (Å²) in [7, 11) is -4.07. The van der Waals surface area contributed by atoms with E-state index in [1.807, 2.05) is 6.92 Å². The van der Waals surface area contributed by atoms with Gasteiger partial charge in [-0.3, -0.25) is 4.79 Å². The third-order valence-electron chi connectivity index (χ3n) is 3.75. The van der Waals surface area contributed by atoms with Crippen molar-refractivity contribution in [2.75, 3.05) is 0 Å². The highest BCUT2D eigenvalue weighted by molar-refractivity contribution is 7.89. The van der Waals surface area contributed by atoms with Gasteiger partial charge >= 0.3 is 0 Å². The van der Waals surface area contributed by atoms with Gasteiger partial charge in [-0.25, -0.2) is 17.9 Å². The molecule has 0 radical (unpaired) electrons. The molecule has 3 N–H and O–H groups in total. The molecule has 0 bridgehead atoms. The highest BCUT2D eigenvalue weighted by Gasteiger charge is 2.34. The van der Waals surface area contributed by atoms with E-state index in [1.165, 1.54) is 6.92 Å². The summed E-state index contributed by atoms with van der Waals surface area (Å²) < 4.78 is 36.4. The largest absolute Gasteiger partial charge is 0.347 e. The van der Waals surface area contributed by atoms with Crippen molar-refractivity contribution < 1.29 is 17.6 Å². The third kappa shape index (κ3) is 2.83. The minimum absolute atomic E-state index is 0.00199. The SMILES string of the molecule is Cc1c(C(=O)NC2(C)CCC2)cc(F)cc1S(N)(=O)=O. The van der Waals surface area contributed by atoms with E-state index in [-0.39, 0.29) is 21.6 Å². The number of halogens is 1. The zero-order valence-electron chi connectivity index (χ0n) is 11.4. The lowest BCUT2D eigenvalue weighted by Gasteiger charge is -2.39. The van der Waals surface area contributed by atoms with Gasteiger partial charge in [-0.15, -0.1) is 0 Å². The lowest BCUT2D eigenvalue weighted by molar-refractivity contribution is 0.0849. The van der Waals surface area contributed by atoms with Crippen molar-refractivity contribution in [3.8, 4) is 0 Å². The minimum atomic E-state index is -4.07. The summed E-state index contributed by atoms with van der Waals surface area (Å²) in [5, 5.41) is 7.85. The molecular weight excluding hydrogens is 283 g/mol. The number of nitrogens with one attached hydrogen (secondary N) is 1. The molecule has 1 fully saturated rings. The molecule has 0 aliphatic heterocycles. The van der Waals surface area contributed by atoms with Crippen LogP contribution in [0.5, 0.6) is 0 Å². The molecule has 1 aliphatic carbocycles. The van der Waals surface area contributed by atoms with Crippen LogP contribution in [0.3, 0.4) is 0 Å². The fourth-order valence-corrected chi connectivity index (χ4v) is 3.17. The number of carbonyl (C=O) groups excluding carboxylic acids is 1. The van der Waals surface area contributed by atoms with Crippen LogP contribution in [-0.2, 0) is 10.0 Å². The average molecular weight is 300 g/mol. The maximum Gasteiger partial charge on any atom is 0.252 e. The van der Waals surface area contributed by atoms with E-state index < -0.39 is 21.7 Å². The Hall–Kier alpha value is -1.47. The van der Waals surface area contributed by atoms with Crippen molar-refractivity contribution in [2.24, 2.45) is 5.14 Å². The molecule has 0 unspecified atom stereocenters. The van der Waals surface area contributed by atoms with E-state index in [4.69, 9.17) is 5.14 Å². The molecule has 7 heteroatoms. The van der Waals surface area contributed by atoms with Gasteiger partial charge in [-0.2, -0.15) is 0 Å². The maximum atomic E-state index is 13.5. The highest BCUT2D eigenvalue weighted by Crippen LogP contribution is 2.31. The Labute approximate surface area is 117 Å². The lowest BCUT2D eigenvalue weighted by Crippen LogP contribution is -2.51. The first-order chi connectivity index (χ1) is 9.12. The lowest BCUT2D eigenvalue weighted by atomic mass is 9.78. The molecular formula is C13H17FN2O3S. The van der Waals surface area contributed by atoms with Crippen LogP contribution in [-0.4, -0.2) is 19.9 Å². The van der Waals surface area contributed by atoms with Gasteiger partial charge in [-0.05, 0) is 50.8 Å². The molecule has 1 aromatic rings. The van der Waals surface area contributed by atoms with E-state index >= 15 is 0 Å². The molecule has 0 heterocycles. The Bertz CT molecular complexity index is 666. The number of benzene rings is 1. The molecule has 110 valence electrons. The Balaban J connectivity index is 2.41. The van der Waals surface area contributed by atoms with Gasteiger partial charge in [0, 0.05) is 11.1 Å². The van der Waals surface area contributed by atoms with Crippen LogP contribution in [0.4, 0.5) is 4.39 Å². The minimum Gasteiger partial charge on any atom is -0.347 e. The second kappa shape index (κ2) is 4.82. The first kappa shape index (κ1) is 14.9. The average Bonchev–Trinajstić information content (AvgIpc) is 2.28. The molecule has 0 saturated heterocycles. The predicted molar refractivity (Wildman–Crippen MR) is 72.2 cm³/mol. The van der Waals surface area contributed by atoms with E-state index in [1.54, 1.807) is 0 Å².